The number of hydrogen-bond acceptors (Lipinski definition) is 1. The molecule has 0 aliphatic heterocycles. The highest BCUT2D eigenvalue weighted by Crippen LogP contribution is 2.55. The summed E-state index contributed by atoms with van der Waals surface area (Å²) < 4.78 is 0. The van der Waals surface area contributed by atoms with Crippen molar-refractivity contribution in [2.24, 2.45) is 0 Å². The highest BCUT2D eigenvalue weighted by Gasteiger charge is 2.41. The van der Waals surface area contributed by atoms with Crippen molar-refractivity contribution in [3.05, 3.63) is 284 Å². The molecule has 12 rings (SSSR count). The normalized spacial score (nSPS) is 13.8. The molecule has 67 heavy (non-hydrogen) atoms. The van der Waals surface area contributed by atoms with Gasteiger partial charge in [0.1, 0.15) is 0 Å². The molecule has 0 N–H and O–H groups in total. The lowest BCUT2D eigenvalue weighted by molar-refractivity contribution is 0.714. The molecule has 11 aromatic rings. The third-order valence-electron chi connectivity index (χ3n) is 14.0. The van der Waals surface area contributed by atoms with Crippen molar-refractivity contribution in [3.8, 4) is 66.8 Å². The van der Waals surface area contributed by atoms with Gasteiger partial charge < -0.3 is 4.90 Å². The molecule has 0 saturated carbocycles. The summed E-state index contributed by atoms with van der Waals surface area (Å²) in [6.45, 7) is 2.39. The Labute approximate surface area is 393 Å². The van der Waals surface area contributed by atoms with Crippen molar-refractivity contribution < 1.29 is 0 Å². The van der Waals surface area contributed by atoms with Crippen molar-refractivity contribution in [2.75, 3.05) is 4.90 Å². The molecule has 316 valence electrons. The van der Waals surface area contributed by atoms with Crippen LogP contribution in [0.15, 0.2) is 267 Å². The summed E-state index contributed by atoms with van der Waals surface area (Å²) in [7, 11) is 0. The Balaban J connectivity index is 0.973. The van der Waals surface area contributed by atoms with Crippen LogP contribution in [0.1, 0.15) is 23.6 Å². The Morgan fingerprint density at radius 2 is 0.776 bits per heavy atom. The van der Waals surface area contributed by atoms with E-state index in [4.69, 9.17) is 0 Å². The monoisotopic (exact) mass is 853 g/mol. The van der Waals surface area contributed by atoms with Crippen LogP contribution in [0.4, 0.5) is 17.1 Å². The van der Waals surface area contributed by atoms with E-state index in [0.717, 1.165) is 33.8 Å². The molecule has 1 aliphatic carbocycles. The van der Waals surface area contributed by atoms with Crippen LogP contribution < -0.4 is 4.90 Å². The average molecular weight is 854 g/mol. The number of benzene rings is 11. The fourth-order valence-corrected chi connectivity index (χ4v) is 10.5. The summed E-state index contributed by atoms with van der Waals surface area (Å²) in [6, 6.07) is 97.7. The van der Waals surface area contributed by atoms with E-state index in [0.29, 0.717) is 0 Å². The van der Waals surface area contributed by atoms with E-state index in [9.17, 15) is 0 Å². The number of para-hydroxylation sites is 1. The maximum absolute atomic E-state index is 2.43. The molecule has 1 heteroatoms. The number of rotatable bonds is 9. The fourth-order valence-electron chi connectivity index (χ4n) is 10.5. The Morgan fingerprint density at radius 1 is 0.284 bits per heavy atom. The molecule has 0 amide bonds. The molecule has 1 nitrogen and oxygen atoms in total. The lowest BCUT2D eigenvalue weighted by Crippen LogP contribution is -2.22. The Morgan fingerprint density at radius 3 is 1.57 bits per heavy atom. The summed E-state index contributed by atoms with van der Waals surface area (Å²) in [5, 5.41) is 2.50. The molecular formula is C66H47N. The molecule has 0 heterocycles. The summed E-state index contributed by atoms with van der Waals surface area (Å²) in [6.07, 6.45) is 0. The van der Waals surface area contributed by atoms with Crippen LogP contribution in [0.25, 0.3) is 77.5 Å². The van der Waals surface area contributed by atoms with Gasteiger partial charge in [0.15, 0.2) is 0 Å². The molecule has 0 fully saturated rings. The van der Waals surface area contributed by atoms with Crippen molar-refractivity contribution in [3.63, 3.8) is 0 Å². The average Bonchev–Trinajstić information content (AvgIpc) is 3.68. The van der Waals surface area contributed by atoms with Crippen LogP contribution in [0, 0.1) is 0 Å². The number of hydrogen-bond donors (Lipinski definition) is 0. The molecule has 1 atom stereocenters. The SMILES string of the molecule is CC1(c2ccccc2)c2ccccc2-c2c(-c3ccc(N(c4cccc(-c5cccc(-c6ccccc6)c5)c4)c4ccccc4-c4ccc(-c5ccc6ccccc6c5)cc4)cc3)cccc21. The van der Waals surface area contributed by atoms with Gasteiger partial charge in [-0.1, -0.05) is 224 Å². The highest BCUT2D eigenvalue weighted by molar-refractivity contribution is 5.95. The third-order valence-corrected chi connectivity index (χ3v) is 14.0. The van der Waals surface area contributed by atoms with Crippen LogP contribution in [-0.2, 0) is 5.41 Å². The minimum Gasteiger partial charge on any atom is -0.310 e. The van der Waals surface area contributed by atoms with Gasteiger partial charge in [0.2, 0.25) is 0 Å². The van der Waals surface area contributed by atoms with Crippen molar-refractivity contribution >= 4 is 27.8 Å². The maximum atomic E-state index is 2.43. The summed E-state index contributed by atoms with van der Waals surface area (Å²) >= 11 is 0. The summed E-state index contributed by atoms with van der Waals surface area (Å²) in [5.74, 6) is 0. The van der Waals surface area contributed by atoms with Crippen LogP contribution in [0.5, 0.6) is 0 Å². The molecule has 11 aromatic carbocycles. The second kappa shape index (κ2) is 16.8. The predicted molar refractivity (Wildman–Crippen MR) is 283 cm³/mol. The summed E-state index contributed by atoms with van der Waals surface area (Å²) in [4.78, 5) is 2.43. The van der Waals surface area contributed by atoms with Gasteiger partial charge in [-0.25, -0.2) is 0 Å². The van der Waals surface area contributed by atoms with Crippen LogP contribution >= 0.6 is 0 Å². The Bertz CT molecular complexity index is 3570. The second-order valence-corrected chi connectivity index (χ2v) is 17.8. The van der Waals surface area contributed by atoms with Crippen LogP contribution in [0.2, 0.25) is 0 Å². The molecule has 0 spiro atoms. The highest BCUT2D eigenvalue weighted by atomic mass is 15.1. The van der Waals surface area contributed by atoms with E-state index in [1.54, 1.807) is 0 Å². The zero-order valence-electron chi connectivity index (χ0n) is 37.4. The smallest absolute Gasteiger partial charge is 0.0540 e. The Hall–Kier alpha value is -8.52. The zero-order valence-corrected chi connectivity index (χ0v) is 37.4. The largest absolute Gasteiger partial charge is 0.310 e. The standard InChI is InChI=1S/C66H47N/c1-66(56-24-6-3-7-25-56)62-30-12-10-28-61(62)65-60(29-16-31-63(65)66)50-39-41-57(42-40-50)67(58-26-15-23-54(45-58)53-22-14-21-52(43-53)46-17-4-2-5-18-46)64-32-13-11-27-59(64)49-36-33-48(34-37-49)55-38-35-47-19-8-9-20-51(47)44-55/h2-45H,1H3. The Kier molecular flexibility index (Phi) is 10.0. The first kappa shape index (κ1) is 40.0. The first-order chi connectivity index (χ1) is 33.1. The zero-order chi connectivity index (χ0) is 44.7. The van der Waals surface area contributed by atoms with Gasteiger partial charge in [-0.2, -0.15) is 0 Å². The van der Waals surface area contributed by atoms with Crippen molar-refractivity contribution in [1.29, 1.82) is 0 Å². The maximum Gasteiger partial charge on any atom is 0.0540 e. The first-order valence-electron chi connectivity index (χ1n) is 23.2. The number of fused-ring (bicyclic) bond motifs is 4. The molecule has 0 radical (unpaired) electrons. The lowest BCUT2D eigenvalue weighted by atomic mass is 9.74. The molecule has 0 bridgehead atoms. The van der Waals surface area contributed by atoms with Crippen molar-refractivity contribution in [2.45, 2.75) is 12.3 Å². The van der Waals surface area contributed by atoms with Gasteiger partial charge >= 0.3 is 0 Å². The molecule has 0 aromatic heterocycles. The van der Waals surface area contributed by atoms with Crippen LogP contribution in [0.3, 0.4) is 0 Å². The van der Waals surface area contributed by atoms with Gasteiger partial charge in [0.05, 0.1) is 5.69 Å². The van der Waals surface area contributed by atoms with E-state index in [1.807, 2.05) is 0 Å². The minimum atomic E-state index is -0.261. The van der Waals surface area contributed by atoms with Gasteiger partial charge in [-0.05, 0) is 138 Å². The topological polar surface area (TPSA) is 3.24 Å². The van der Waals surface area contributed by atoms with E-state index in [2.05, 4.69) is 279 Å². The van der Waals surface area contributed by atoms with E-state index in [-0.39, 0.29) is 5.41 Å². The van der Waals surface area contributed by atoms with E-state index < -0.39 is 0 Å². The van der Waals surface area contributed by atoms with Gasteiger partial charge in [-0.3, -0.25) is 0 Å². The second-order valence-electron chi connectivity index (χ2n) is 17.8. The molecule has 0 saturated heterocycles. The quantitative estimate of drug-likeness (QED) is 0.140. The van der Waals surface area contributed by atoms with Crippen LogP contribution in [-0.4, -0.2) is 0 Å². The fraction of sp³-hybridized carbons (Fsp3) is 0.0303. The number of anilines is 3. The van der Waals surface area contributed by atoms with Gasteiger partial charge in [-0.15, -0.1) is 0 Å². The minimum absolute atomic E-state index is 0.261. The lowest BCUT2D eigenvalue weighted by Gasteiger charge is -2.29. The van der Waals surface area contributed by atoms with E-state index >= 15 is 0 Å². The number of nitrogens with zero attached hydrogens (tertiary/aromatic N) is 1. The van der Waals surface area contributed by atoms with Crippen molar-refractivity contribution in [1.82, 2.24) is 0 Å². The molecular weight excluding hydrogens is 807 g/mol. The molecule has 1 aliphatic rings. The first-order valence-corrected chi connectivity index (χ1v) is 23.2. The summed E-state index contributed by atoms with van der Waals surface area (Å²) in [5.41, 5.74) is 21.6. The predicted octanol–water partition coefficient (Wildman–Crippen LogP) is 18.0. The third kappa shape index (κ3) is 7.13. The van der Waals surface area contributed by atoms with E-state index in [1.165, 1.54) is 77.5 Å². The van der Waals surface area contributed by atoms with Gasteiger partial charge in [0.25, 0.3) is 0 Å². The molecule has 1 unspecified atom stereocenters. The van der Waals surface area contributed by atoms with Gasteiger partial charge in [0, 0.05) is 22.4 Å².